The molecular weight excluding hydrogens is 206 g/mol. The van der Waals surface area contributed by atoms with Crippen molar-refractivity contribution in [1.29, 1.82) is 0 Å². The third-order valence-electron chi connectivity index (χ3n) is 4.96. The van der Waals surface area contributed by atoms with Gasteiger partial charge in [0.15, 0.2) is 0 Å². The summed E-state index contributed by atoms with van der Waals surface area (Å²) in [5.41, 5.74) is 0. The van der Waals surface area contributed by atoms with Crippen LogP contribution in [-0.2, 0) is 0 Å². The summed E-state index contributed by atoms with van der Waals surface area (Å²) in [5.74, 6) is 3.28. The molecule has 2 fully saturated rings. The largest absolute Gasteiger partial charge is 0.314 e. The Bertz CT molecular complexity index is 202. The third-order valence-corrected chi connectivity index (χ3v) is 4.96. The van der Waals surface area contributed by atoms with Crippen LogP contribution < -0.4 is 5.32 Å². The zero-order valence-corrected chi connectivity index (χ0v) is 11.9. The molecule has 0 aliphatic heterocycles. The summed E-state index contributed by atoms with van der Waals surface area (Å²) in [6.07, 6.45) is 13.0. The molecule has 2 aliphatic carbocycles. The minimum absolute atomic E-state index is 0.856. The van der Waals surface area contributed by atoms with Crippen molar-refractivity contribution in [3.8, 4) is 0 Å². The Hall–Kier alpha value is -0.0400. The molecule has 1 heteroatoms. The number of nitrogens with one attached hydrogen (secondary N) is 1. The van der Waals surface area contributed by atoms with Gasteiger partial charge in [0.1, 0.15) is 0 Å². The zero-order chi connectivity index (χ0) is 12.1. The fourth-order valence-corrected chi connectivity index (χ4v) is 4.02. The van der Waals surface area contributed by atoms with Crippen molar-refractivity contribution in [1.82, 2.24) is 5.32 Å². The van der Waals surface area contributed by atoms with Crippen LogP contribution in [0.3, 0.4) is 0 Å². The van der Waals surface area contributed by atoms with Gasteiger partial charge in [0, 0.05) is 6.04 Å². The first-order chi connectivity index (χ1) is 8.38. The van der Waals surface area contributed by atoms with Gasteiger partial charge in [-0.15, -0.1) is 0 Å². The van der Waals surface area contributed by atoms with Crippen molar-refractivity contribution < 1.29 is 0 Å². The van der Waals surface area contributed by atoms with Gasteiger partial charge in [-0.2, -0.15) is 0 Å². The molecule has 0 aromatic carbocycles. The molecular formula is C16H31N. The number of rotatable bonds is 8. The Morgan fingerprint density at radius 3 is 2.29 bits per heavy atom. The van der Waals surface area contributed by atoms with E-state index in [1.165, 1.54) is 64.3 Å². The molecule has 0 amide bonds. The average molecular weight is 237 g/mol. The van der Waals surface area contributed by atoms with E-state index in [0.717, 1.165) is 23.8 Å². The molecule has 17 heavy (non-hydrogen) atoms. The van der Waals surface area contributed by atoms with Crippen LogP contribution >= 0.6 is 0 Å². The molecule has 1 nitrogen and oxygen atoms in total. The Morgan fingerprint density at radius 1 is 1.00 bits per heavy atom. The van der Waals surface area contributed by atoms with E-state index < -0.39 is 0 Å². The zero-order valence-electron chi connectivity index (χ0n) is 11.9. The molecule has 0 radical (unpaired) electrons. The normalized spacial score (nSPS) is 33.2. The van der Waals surface area contributed by atoms with E-state index in [2.05, 4.69) is 19.2 Å². The molecule has 0 bridgehead atoms. The van der Waals surface area contributed by atoms with Gasteiger partial charge >= 0.3 is 0 Å². The topological polar surface area (TPSA) is 12.0 Å². The summed E-state index contributed by atoms with van der Waals surface area (Å²) in [7, 11) is 0. The molecule has 0 aromatic rings. The van der Waals surface area contributed by atoms with E-state index in [9.17, 15) is 0 Å². The van der Waals surface area contributed by atoms with Crippen molar-refractivity contribution in [3.05, 3.63) is 0 Å². The van der Waals surface area contributed by atoms with Crippen LogP contribution in [0, 0.1) is 17.8 Å². The molecule has 2 rings (SSSR count). The van der Waals surface area contributed by atoms with E-state index in [0.29, 0.717) is 0 Å². The molecule has 2 saturated carbocycles. The number of hydrogen-bond acceptors (Lipinski definition) is 1. The highest BCUT2D eigenvalue weighted by molar-refractivity contribution is 5.04. The van der Waals surface area contributed by atoms with Crippen molar-refractivity contribution in [2.75, 3.05) is 6.54 Å². The van der Waals surface area contributed by atoms with Crippen molar-refractivity contribution >= 4 is 0 Å². The molecule has 0 heterocycles. The number of hydrogen-bond donors (Lipinski definition) is 1. The molecule has 1 N–H and O–H groups in total. The average Bonchev–Trinajstić information content (AvgIpc) is 3.08. The van der Waals surface area contributed by atoms with Gasteiger partial charge in [-0.3, -0.25) is 0 Å². The molecule has 100 valence electrons. The molecule has 0 aromatic heterocycles. The van der Waals surface area contributed by atoms with Crippen LogP contribution in [0.25, 0.3) is 0 Å². The van der Waals surface area contributed by atoms with Gasteiger partial charge < -0.3 is 5.32 Å². The van der Waals surface area contributed by atoms with E-state index in [-0.39, 0.29) is 0 Å². The van der Waals surface area contributed by atoms with E-state index in [4.69, 9.17) is 0 Å². The first kappa shape index (κ1) is 13.4. The van der Waals surface area contributed by atoms with Gasteiger partial charge in [-0.25, -0.2) is 0 Å². The summed E-state index contributed by atoms with van der Waals surface area (Å²) in [5, 5.41) is 3.85. The lowest BCUT2D eigenvalue weighted by Crippen LogP contribution is -2.32. The van der Waals surface area contributed by atoms with Crippen LogP contribution in [0.4, 0.5) is 0 Å². The van der Waals surface area contributed by atoms with Gasteiger partial charge in [0.2, 0.25) is 0 Å². The summed E-state index contributed by atoms with van der Waals surface area (Å²) >= 11 is 0. The van der Waals surface area contributed by atoms with Crippen LogP contribution in [0.2, 0.25) is 0 Å². The number of fused-ring (bicyclic) bond motifs is 1. The maximum atomic E-state index is 3.85. The van der Waals surface area contributed by atoms with E-state index in [1.807, 2.05) is 0 Å². The second-order valence-electron chi connectivity index (χ2n) is 6.25. The lowest BCUT2D eigenvalue weighted by Gasteiger charge is -2.19. The molecule has 3 atom stereocenters. The summed E-state index contributed by atoms with van der Waals surface area (Å²) in [6, 6.07) is 0.856. The first-order valence-electron chi connectivity index (χ1n) is 8.11. The Labute approximate surface area is 108 Å². The smallest absolute Gasteiger partial charge is 0.0101 e. The van der Waals surface area contributed by atoms with Gasteiger partial charge in [0.25, 0.3) is 0 Å². The highest BCUT2D eigenvalue weighted by Gasteiger charge is 2.53. The Morgan fingerprint density at radius 2 is 1.71 bits per heavy atom. The molecule has 0 spiro atoms. The SMILES string of the molecule is CCCCCC(NCCC)C1C2CCCCC21. The highest BCUT2D eigenvalue weighted by atomic mass is 14.9. The lowest BCUT2D eigenvalue weighted by atomic mass is 10.0. The second-order valence-corrected chi connectivity index (χ2v) is 6.25. The Balaban J connectivity index is 1.78. The van der Waals surface area contributed by atoms with Crippen LogP contribution in [0.5, 0.6) is 0 Å². The quantitative estimate of drug-likeness (QED) is 0.618. The van der Waals surface area contributed by atoms with Gasteiger partial charge in [-0.1, -0.05) is 46.0 Å². The molecule has 2 aliphatic rings. The van der Waals surface area contributed by atoms with Crippen LogP contribution in [-0.4, -0.2) is 12.6 Å². The van der Waals surface area contributed by atoms with Crippen LogP contribution in [0.15, 0.2) is 0 Å². The third kappa shape index (κ3) is 3.47. The fourth-order valence-electron chi connectivity index (χ4n) is 4.02. The monoisotopic (exact) mass is 237 g/mol. The molecule has 0 saturated heterocycles. The predicted octanol–water partition coefficient (Wildman–Crippen LogP) is 4.37. The highest BCUT2D eigenvalue weighted by Crippen LogP contribution is 2.57. The fraction of sp³-hybridized carbons (Fsp3) is 1.00. The Kier molecular flexibility index (Phi) is 5.34. The summed E-state index contributed by atoms with van der Waals surface area (Å²) < 4.78 is 0. The minimum atomic E-state index is 0.856. The van der Waals surface area contributed by atoms with Gasteiger partial charge in [-0.05, 0) is 50.0 Å². The molecule has 3 unspecified atom stereocenters. The summed E-state index contributed by atoms with van der Waals surface area (Å²) in [4.78, 5) is 0. The minimum Gasteiger partial charge on any atom is -0.314 e. The van der Waals surface area contributed by atoms with E-state index in [1.54, 1.807) is 0 Å². The van der Waals surface area contributed by atoms with Crippen molar-refractivity contribution in [3.63, 3.8) is 0 Å². The maximum Gasteiger partial charge on any atom is 0.0101 e. The second kappa shape index (κ2) is 6.78. The van der Waals surface area contributed by atoms with Gasteiger partial charge in [0.05, 0.1) is 0 Å². The van der Waals surface area contributed by atoms with Crippen molar-refractivity contribution in [2.24, 2.45) is 17.8 Å². The standard InChI is InChI=1S/C16H31N/c1-3-5-6-11-15(17-12-4-2)16-13-9-7-8-10-14(13)16/h13-17H,3-12H2,1-2H3. The summed E-state index contributed by atoms with van der Waals surface area (Å²) in [6.45, 7) is 5.83. The van der Waals surface area contributed by atoms with Crippen molar-refractivity contribution in [2.45, 2.75) is 77.7 Å². The van der Waals surface area contributed by atoms with E-state index >= 15 is 0 Å². The maximum absolute atomic E-state index is 3.85. The number of unbranched alkanes of at least 4 members (excludes halogenated alkanes) is 2. The lowest BCUT2D eigenvalue weighted by molar-refractivity contribution is 0.393. The predicted molar refractivity (Wildman–Crippen MR) is 75.2 cm³/mol. The van der Waals surface area contributed by atoms with Crippen LogP contribution in [0.1, 0.15) is 71.6 Å². The first-order valence-corrected chi connectivity index (χ1v) is 8.11.